The zero-order valence-corrected chi connectivity index (χ0v) is 11.7. The first-order valence-corrected chi connectivity index (χ1v) is 6.33. The molecule has 2 N–H and O–H groups in total. The first-order chi connectivity index (χ1) is 8.00. The molecule has 0 atom stereocenters. The predicted octanol–water partition coefficient (Wildman–Crippen LogP) is 3.14. The van der Waals surface area contributed by atoms with Gasteiger partial charge in [-0.15, -0.1) is 0 Å². The second-order valence-corrected chi connectivity index (χ2v) is 5.62. The Morgan fingerprint density at radius 1 is 1.47 bits per heavy atom. The van der Waals surface area contributed by atoms with Crippen LogP contribution in [0.1, 0.15) is 25.8 Å². The first-order valence-electron chi connectivity index (χ1n) is 5.53. The molecule has 0 saturated carbocycles. The summed E-state index contributed by atoms with van der Waals surface area (Å²) in [6.45, 7) is 5.07. The Morgan fingerprint density at radius 3 is 2.76 bits per heavy atom. The van der Waals surface area contributed by atoms with Gasteiger partial charge in [0, 0.05) is 17.6 Å². The van der Waals surface area contributed by atoms with Gasteiger partial charge in [0.2, 0.25) is 0 Å². The van der Waals surface area contributed by atoms with Crippen LogP contribution in [-0.2, 0) is 0 Å². The monoisotopic (exact) mass is 296 g/mol. The minimum atomic E-state index is 0.00376. The van der Waals surface area contributed by atoms with Gasteiger partial charge in [0.25, 0.3) is 0 Å². The molecule has 0 bridgehead atoms. The van der Waals surface area contributed by atoms with Crippen LogP contribution in [0.3, 0.4) is 0 Å². The number of aliphatic hydroxyl groups excluding tert-OH is 1. The van der Waals surface area contributed by atoms with E-state index in [0.717, 1.165) is 23.1 Å². The van der Waals surface area contributed by atoms with E-state index in [9.17, 15) is 0 Å². The van der Waals surface area contributed by atoms with Crippen molar-refractivity contribution < 1.29 is 5.11 Å². The molecule has 0 aliphatic rings. The lowest BCUT2D eigenvalue weighted by Crippen LogP contribution is -2.24. The molecule has 0 aliphatic carbocycles. The van der Waals surface area contributed by atoms with Crippen molar-refractivity contribution in [2.24, 2.45) is 5.41 Å². The van der Waals surface area contributed by atoms with E-state index in [0.29, 0.717) is 5.56 Å². The van der Waals surface area contributed by atoms with Crippen LogP contribution in [-0.4, -0.2) is 18.3 Å². The van der Waals surface area contributed by atoms with Crippen LogP contribution in [0, 0.1) is 16.7 Å². The molecular formula is C13H17BrN2O. The van der Waals surface area contributed by atoms with Crippen molar-refractivity contribution in [2.45, 2.75) is 20.3 Å². The highest BCUT2D eigenvalue weighted by atomic mass is 79.9. The topological polar surface area (TPSA) is 56.0 Å². The molecule has 0 unspecified atom stereocenters. The molecule has 0 aliphatic heterocycles. The van der Waals surface area contributed by atoms with Crippen molar-refractivity contribution in [3.05, 3.63) is 28.2 Å². The zero-order valence-electron chi connectivity index (χ0n) is 10.1. The minimum absolute atomic E-state index is 0.00376. The summed E-state index contributed by atoms with van der Waals surface area (Å²) in [5.41, 5.74) is 1.45. The van der Waals surface area contributed by atoms with E-state index in [1.165, 1.54) is 0 Å². The molecule has 0 aromatic heterocycles. The molecule has 0 radical (unpaired) electrons. The standard InChI is InChI=1S/C13H17BrN2O/c1-13(2,6-7-17)9-16-12-5-3-4-11(14)10(12)8-15/h3-5,16-17H,6-7,9H2,1-2H3. The molecule has 1 rings (SSSR count). The molecule has 0 saturated heterocycles. The summed E-state index contributed by atoms with van der Waals surface area (Å²) >= 11 is 3.36. The molecule has 0 fully saturated rings. The summed E-state index contributed by atoms with van der Waals surface area (Å²) in [7, 11) is 0. The van der Waals surface area contributed by atoms with Crippen molar-refractivity contribution >= 4 is 21.6 Å². The number of halogens is 1. The summed E-state index contributed by atoms with van der Waals surface area (Å²) in [5.74, 6) is 0. The van der Waals surface area contributed by atoms with Gasteiger partial charge < -0.3 is 10.4 Å². The van der Waals surface area contributed by atoms with Crippen molar-refractivity contribution in [3.63, 3.8) is 0 Å². The maximum absolute atomic E-state index is 9.07. The highest BCUT2D eigenvalue weighted by Crippen LogP contribution is 2.26. The van der Waals surface area contributed by atoms with Gasteiger partial charge in [-0.3, -0.25) is 0 Å². The van der Waals surface area contributed by atoms with E-state index in [4.69, 9.17) is 10.4 Å². The molecule has 4 heteroatoms. The SMILES string of the molecule is CC(C)(CCO)CNc1cccc(Br)c1C#N. The lowest BCUT2D eigenvalue weighted by molar-refractivity contribution is 0.220. The van der Waals surface area contributed by atoms with Gasteiger partial charge in [0.1, 0.15) is 6.07 Å². The van der Waals surface area contributed by atoms with E-state index in [-0.39, 0.29) is 12.0 Å². The number of anilines is 1. The number of rotatable bonds is 5. The molecule has 92 valence electrons. The first kappa shape index (κ1) is 14.0. The number of aliphatic hydroxyl groups is 1. The molecule has 0 heterocycles. The average Bonchev–Trinajstić information content (AvgIpc) is 2.26. The Morgan fingerprint density at radius 2 is 2.18 bits per heavy atom. The van der Waals surface area contributed by atoms with Crippen molar-refractivity contribution in [1.29, 1.82) is 5.26 Å². The highest BCUT2D eigenvalue weighted by molar-refractivity contribution is 9.10. The lowest BCUT2D eigenvalue weighted by atomic mass is 9.89. The summed E-state index contributed by atoms with van der Waals surface area (Å²) in [6, 6.07) is 7.81. The Balaban J connectivity index is 2.77. The average molecular weight is 297 g/mol. The maximum atomic E-state index is 9.07. The summed E-state index contributed by atoms with van der Waals surface area (Å²) < 4.78 is 0.796. The number of benzene rings is 1. The van der Waals surface area contributed by atoms with Gasteiger partial charge in [0.15, 0.2) is 0 Å². The molecule has 1 aromatic carbocycles. The number of nitrogens with one attached hydrogen (secondary N) is 1. The fraction of sp³-hybridized carbons (Fsp3) is 0.462. The number of nitriles is 1. The fourth-order valence-electron chi connectivity index (χ4n) is 1.51. The molecule has 0 amide bonds. The summed E-state index contributed by atoms with van der Waals surface area (Å²) in [5, 5.41) is 21.3. The Labute approximate surface area is 111 Å². The smallest absolute Gasteiger partial charge is 0.103 e. The molecule has 0 spiro atoms. The van der Waals surface area contributed by atoms with Crippen LogP contribution in [0.25, 0.3) is 0 Å². The van der Waals surface area contributed by atoms with Gasteiger partial charge in [0.05, 0.1) is 11.3 Å². The van der Waals surface area contributed by atoms with Gasteiger partial charge >= 0.3 is 0 Å². The third-order valence-corrected chi connectivity index (χ3v) is 3.33. The highest BCUT2D eigenvalue weighted by Gasteiger charge is 2.17. The van der Waals surface area contributed by atoms with Crippen LogP contribution in [0.2, 0.25) is 0 Å². The van der Waals surface area contributed by atoms with Crippen LogP contribution in [0.15, 0.2) is 22.7 Å². The Kier molecular flexibility index (Phi) is 4.98. The Hall–Kier alpha value is -1.05. The van der Waals surface area contributed by atoms with Crippen molar-refractivity contribution in [2.75, 3.05) is 18.5 Å². The van der Waals surface area contributed by atoms with Crippen molar-refractivity contribution in [3.8, 4) is 6.07 Å². The lowest BCUT2D eigenvalue weighted by Gasteiger charge is -2.24. The van der Waals surface area contributed by atoms with E-state index in [2.05, 4.69) is 41.2 Å². The van der Waals surface area contributed by atoms with E-state index >= 15 is 0 Å². The molecule has 1 aromatic rings. The Bertz CT molecular complexity index is 424. The fourth-order valence-corrected chi connectivity index (χ4v) is 1.97. The van der Waals surface area contributed by atoms with Crippen molar-refractivity contribution in [1.82, 2.24) is 0 Å². The zero-order chi connectivity index (χ0) is 12.9. The largest absolute Gasteiger partial charge is 0.396 e. The molecule has 17 heavy (non-hydrogen) atoms. The van der Waals surface area contributed by atoms with Gasteiger partial charge in [-0.2, -0.15) is 5.26 Å². The normalized spacial score (nSPS) is 11.0. The van der Waals surface area contributed by atoms with Gasteiger partial charge in [-0.25, -0.2) is 0 Å². The maximum Gasteiger partial charge on any atom is 0.103 e. The van der Waals surface area contributed by atoms with Crippen LogP contribution < -0.4 is 5.32 Å². The minimum Gasteiger partial charge on any atom is -0.396 e. The third-order valence-electron chi connectivity index (χ3n) is 2.67. The van der Waals surface area contributed by atoms with Crippen LogP contribution in [0.4, 0.5) is 5.69 Å². The van der Waals surface area contributed by atoms with Crippen LogP contribution in [0.5, 0.6) is 0 Å². The number of hydrogen-bond acceptors (Lipinski definition) is 3. The van der Waals surface area contributed by atoms with E-state index in [1.807, 2.05) is 18.2 Å². The predicted molar refractivity (Wildman–Crippen MR) is 72.8 cm³/mol. The number of nitrogens with zero attached hydrogens (tertiary/aromatic N) is 1. The molecular weight excluding hydrogens is 280 g/mol. The second kappa shape index (κ2) is 6.04. The summed E-state index contributed by atoms with van der Waals surface area (Å²) in [4.78, 5) is 0. The number of hydrogen-bond donors (Lipinski definition) is 2. The third kappa shape index (κ3) is 4.03. The quantitative estimate of drug-likeness (QED) is 0.878. The van der Waals surface area contributed by atoms with Gasteiger partial charge in [-0.1, -0.05) is 19.9 Å². The summed E-state index contributed by atoms with van der Waals surface area (Å²) in [6.07, 6.45) is 0.732. The van der Waals surface area contributed by atoms with E-state index < -0.39 is 0 Å². The van der Waals surface area contributed by atoms with E-state index in [1.54, 1.807) is 0 Å². The molecule has 3 nitrogen and oxygen atoms in total. The second-order valence-electron chi connectivity index (χ2n) is 4.77. The van der Waals surface area contributed by atoms with Crippen LogP contribution >= 0.6 is 15.9 Å². The van der Waals surface area contributed by atoms with Gasteiger partial charge in [-0.05, 0) is 39.9 Å².